The second-order valence-corrected chi connectivity index (χ2v) is 11.3. The molecule has 0 aliphatic carbocycles. The summed E-state index contributed by atoms with van der Waals surface area (Å²) in [4.78, 5) is 42.6. The molecule has 0 saturated carbocycles. The molecular formula is C37H40N4O5. The minimum Gasteiger partial charge on any atom is -0.489 e. The average Bonchev–Trinajstić information content (AvgIpc) is 3.10. The molecule has 9 nitrogen and oxygen atoms in total. The second kappa shape index (κ2) is 16.1. The topological polar surface area (TPSA) is 114 Å². The van der Waals surface area contributed by atoms with Gasteiger partial charge in [-0.25, -0.2) is 0 Å². The van der Waals surface area contributed by atoms with Crippen LogP contribution in [0.1, 0.15) is 29.5 Å². The van der Waals surface area contributed by atoms with Crippen LogP contribution in [-0.4, -0.2) is 54.8 Å². The molecule has 1 atom stereocenters. The molecule has 1 heterocycles. The normalized spacial score (nSPS) is 13.5. The number of nitrogens with one attached hydrogen (secondary N) is 1. The maximum Gasteiger partial charge on any atom is 0.245 e. The molecule has 3 amide bonds. The van der Waals surface area contributed by atoms with E-state index in [-0.39, 0.29) is 31.1 Å². The van der Waals surface area contributed by atoms with Gasteiger partial charge in [-0.3, -0.25) is 14.4 Å². The average molecular weight is 621 g/mol. The fourth-order valence-electron chi connectivity index (χ4n) is 5.39. The molecule has 0 spiro atoms. The lowest BCUT2D eigenvalue weighted by Crippen LogP contribution is -2.55. The Morgan fingerprint density at radius 1 is 0.739 bits per heavy atom. The number of nitrogens with zero attached hydrogens (tertiary/aromatic N) is 2. The number of carbonyl (C=O) groups is 3. The zero-order valence-corrected chi connectivity index (χ0v) is 25.8. The smallest absolute Gasteiger partial charge is 0.245 e. The zero-order chi connectivity index (χ0) is 32.1. The number of piperazine rings is 1. The van der Waals surface area contributed by atoms with E-state index in [9.17, 15) is 14.4 Å². The third kappa shape index (κ3) is 9.34. The van der Waals surface area contributed by atoms with Gasteiger partial charge in [0, 0.05) is 49.9 Å². The highest BCUT2D eigenvalue weighted by atomic mass is 16.5. The Kier molecular flexibility index (Phi) is 11.3. The predicted molar refractivity (Wildman–Crippen MR) is 177 cm³/mol. The molecule has 0 radical (unpaired) electrons. The minimum absolute atomic E-state index is 0.0143. The molecule has 1 aliphatic heterocycles. The van der Waals surface area contributed by atoms with Crippen LogP contribution in [0.25, 0.3) is 0 Å². The van der Waals surface area contributed by atoms with Gasteiger partial charge in [-0.1, -0.05) is 84.9 Å². The lowest BCUT2D eigenvalue weighted by molar-refractivity contribution is -0.137. The van der Waals surface area contributed by atoms with Crippen molar-refractivity contribution >= 4 is 23.4 Å². The first kappa shape index (κ1) is 32.1. The number of hydrogen-bond acceptors (Lipinski definition) is 6. The summed E-state index contributed by atoms with van der Waals surface area (Å²) in [5.74, 6) is 0.0336. The van der Waals surface area contributed by atoms with Crippen LogP contribution in [0.4, 0.5) is 5.69 Å². The van der Waals surface area contributed by atoms with E-state index in [1.807, 2.05) is 103 Å². The third-order valence-corrected chi connectivity index (χ3v) is 7.90. The summed E-state index contributed by atoms with van der Waals surface area (Å²) in [6.07, 6.45) is 0.0905. The van der Waals surface area contributed by atoms with Gasteiger partial charge in [0.05, 0.1) is 6.42 Å². The molecule has 0 bridgehead atoms. The van der Waals surface area contributed by atoms with E-state index < -0.39 is 11.9 Å². The third-order valence-electron chi connectivity index (χ3n) is 7.90. The van der Waals surface area contributed by atoms with E-state index in [4.69, 9.17) is 15.2 Å². The van der Waals surface area contributed by atoms with E-state index in [1.165, 1.54) is 0 Å². The first-order valence-electron chi connectivity index (χ1n) is 15.6. The number of amides is 3. The van der Waals surface area contributed by atoms with Crippen LogP contribution in [0.15, 0.2) is 109 Å². The highest BCUT2D eigenvalue weighted by Crippen LogP contribution is 2.27. The van der Waals surface area contributed by atoms with Crippen LogP contribution in [-0.2, 0) is 34.0 Å². The standard InChI is InChI=1S/C37H40N4O5/c38-35(42)19-18-33(37(44)41-22-20-40(21-23-41)31-14-8-3-9-15-31)39-36(43)24-30-16-17-32(45-26-28-10-4-1-5-11-28)25-34(30)46-27-29-12-6-2-7-13-29/h1-17,25,33H,18-24,26-27H2,(H2,38,42)(H,39,43)/t33-/m0/s1. The van der Waals surface area contributed by atoms with E-state index in [1.54, 1.807) is 11.0 Å². The van der Waals surface area contributed by atoms with Crippen molar-refractivity contribution in [3.05, 3.63) is 126 Å². The number of rotatable bonds is 14. The highest BCUT2D eigenvalue weighted by molar-refractivity contribution is 5.89. The van der Waals surface area contributed by atoms with E-state index >= 15 is 0 Å². The van der Waals surface area contributed by atoms with Gasteiger partial charge in [-0.2, -0.15) is 0 Å². The van der Waals surface area contributed by atoms with Gasteiger partial charge in [-0.05, 0) is 35.7 Å². The lowest BCUT2D eigenvalue weighted by Gasteiger charge is -2.37. The van der Waals surface area contributed by atoms with Crippen molar-refractivity contribution in [2.75, 3.05) is 31.1 Å². The number of hydrogen-bond donors (Lipinski definition) is 2. The summed E-state index contributed by atoms with van der Waals surface area (Å²) in [5, 5.41) is 2.88. The highest BCUT2D eigenvalue weighted by Gasteiger charge is 2.29. The molecule has 3 N–H and O–H groups in total. The van der Waals surface area contributed by atoms with Gasteiger partial charge in [0.15, 0.2) is 0 Å². The second-order valence-electron chi connectivity index (χ2n) is 11.3. The van der Waals surface area contributed by atoms with E-state index in [0.717, 1.165) is 16.8 Å². The maximum atomic E-state index is 13.6. The number of para-hydroxylation sites is 1. The Balaban J connectivity index is 1.25. The number of nitrogens with two attached hydrogens (primary N) is 1. The van der Waals surface area contributed by atoms with Gasteiger partial charge in [0.25, 0.3) is 0 Å². The van der Waals surface area contributed by atoms with E-state index in [0.29, 0.717) is 56.5 Å². The fourth-order valence-corrected chi connectivity index (χ4v) is 5.39. The van der Waals surface area contributed by atoms with Crippen molar-refractivity contribution in [3.63, 3.8) is 0 Å². The Morgan fingerprint density at radius 3 is 1.93 bits per heavy atom. The van der Waals surface area contributed by atoms with Crippen LogP contribution < -0.4 is 25.4 Å². The number of carbonyl (C=O) groups excluding carboxylic acids is 3. The van der Waals surface area contributed by atoms with Gasteiger partial charge >= 0.3 is 0 Å². The predicted octanol–water partition coefficient (Wildman–Crippen LogP) is 4.49. The molecular weight excluding hydrogens is 580 g/mol. The van der Waals surface area contributed by atoms with Crippen molar-refractivity contribution in [1.29, 1.82) is 0 Å². The monoisotopic (exact) mass is 620 g/mol. The molecule has 0 unspecified atom stereocenters. The van der Waals surface area contributed by atoms with Crippen LogP contribution in [0.5, 0.6) is 11.5 Å². The van der Waals surface area contributed by atoms with Crippen molar-refractivity contribution in [2.45, 2.75) is 38.5 Å². The Morgan fingerprint density at radius 2 is 1.33 bits per heavy atom. The number of ether oxygens (including phenoxy) is 2. The first-order chi connectivity index (χ1) is 22.4. The summed E-state index contributed by atoms with van der Waals surface area (Å²) in [6, 6.07) is 34.2. The molecule has 238 valence electrons. The molecule has 5 rings (SSSR count). The van der Waals surface area contributed by atoms with Crippen LogP contribution in [0.3, 0.4) is 0 Å². The Labute approximate surface area is 269 Å². The quantitative estimate of drug-likeness (QED) is 0.215. The molecule has 4 aromatic carbocycles. The molecule has 46 heavy (non-hydrogen) atoms. The minimum atomic E-state index is -0.870. The zero-order valence-electron chi connectivity index (χ0n) is 25.8. The SMILES string of the molecule is NC(=O)CC[C@H](NC(=O)Cc1ccc(OCc2ccccc2)cc1OCc1ccccc1)C(=O)N1CCN(c2ccccc2)CC1. The molecule has 0 aromatic heterocycles. The number of primary amides is 1. The summed E-state index contributed by atoms with van der Waals surface area (Å²) >= 11 is 0. The molecule has 1 saturated heterocycles. The summed E-state index contributed by atoms with van der Waals surface area (Å²) in [7, 11) is 0. The lowest BCUT2D eigenvalue weighted by atomic mass is 10.1. The molecule has 1 aliphatic rings. The van der Waals surface area contributed by atoms with Crippen molar-refractivity contribution in [1.82, 2.24) is 10.2 Å². The van der Waals surface area contributed by atoms with Crippen molar-refractivity contribution < 1.29 is 23.9 Å². The van der Waals surface area contributed by atoms with Crippen LogP contribution in [0.2, 0.25) is 0 Å². The van der Waals surface area contributed by atoms with Crippen molar-refractivity contribution in [2.24, 2.45) is 5.73 Å². The first-order valence-corrected chi connectivity index (χ1v) is 15.6. The maximum absolute atomic E-state index is 13.6. The van der Waals surface area contributed by atoms with Gasteiger partial charge in [0.2, 0.25) is 17.7 Å². The number of anilines is 1. The van der Waals surface area contributed by atoms with Gasteiger partial charge in [0.1, 0.15) is 30.8 Å². The van der Waals surface area contributed by atoms with Gasteiger partial charge in [-0.15, -0.1) is 0 Å². The largest absolute Gasteiger partial charge is 0.489 e. The summed E-state index contributed by atoms with van der Waals surface area (Å²) < 4.78 is 12.2. The summed E-state index contributed by atoms with van der Waals surface area (Å²) in [6.45, 7) is 3.08. The Hall–Kier alpha value is -5.31. The van der Waals surface area contributed by atoms with Crippen LogP contribution >= 0.6 is 0 Å². The van der Waals surface area contributed by atoms with Crippen molar-refractivity contribution in [3.8, 4) is 11.5 Å². The Bertz CT molecular complexity index is 1580. The molecule has 1 fully saturated rings. The summed E-state index contributed by atoms with van der Waals surface area (Å²) in [5.41, 5.74) is 9.20. The molecule has 4 aromatic rings. The van der Waals surface area contributed by atoms with Crippen LogP contribution in [0, 0.1) is 0 Å². The van der Waals surface area contributed by atoms with Gasteiger partial charge < -0.3 is 30.3 Å². The number of benzene rings is 4. The molecule has 9 heteroatoms. The van der Waals surface area contributed by atoms with E-state index in [2.05, 4.69) is 10.2 Å². The fraction of sp³-hybridized carbons (Fsp3) is 0.270.